The van der Waals surface area contributed by atoms with E-state index in [1.807, 2.05) is 6.92 Å². The van der Waals surface area contributed by atoms with Gasteiger partial charge in [-0.3, -0.25) is 14.3 Å². The summed E-state index contributed by atoms with van der Waals surface area (Å²) in [7, 11) is 0. The zero-order chi connectivity index (χ0) is 15.0. The van der Waals surface area contributed by atoms with E-state index in [2.05, 4.69) is 10.3 Å². The van der Waals surface area contributed by atoms with Crippen molar-refractivity contribution in [3.05, 3.63) is 20.8 Å². The van der Waals surface area contributed by atoms with Gasteiger partial charge in [0.2, 0.25) is 0 Å². The molecule has 4 N–H and O–H groups in total. The van der Waals surface area contributed by atoms with Gasteiger partial charge in [-0.15, -0.1) is 0 Å². The topological polar surface area (TPSA) is 92.9 Å². The van der Waals surface area contributed by atoms with Crippen LogP contribution in [0.2, 0.25) is 0 Å². The fraction of sp³-hybridized carbons (Fsp3) is 0.733. The molecule has 0 unspecified atom stereocenters. The Balaban J connectivity index is 1.79. The molecule has 2 fully saturated rings. The predicted molar refractivity (Wildman–Crippen MR) is 83.5 cm³/mol. The first-order chi connectivity index (χ1) is 10.1. The Labute approximate surface area is 123 Å². The molecule has 0 radical (unpaired) electrons. The average molecular weight is 292 g/mol. The lowest BCUT2D eigenvalue weighted by atomic mass is 9.98. The molecule has 0 aromatic carbocycles. The van der Waals surface area contributed by atoms with Gasteiger partial charge in [0.05, 0.1) is 0 Å². The van der Waals surface area contributed by atoms with E-state index in [9.17, 15) is 9.59 Å². The van der Waals surface area contributed by atoms with Gasteiger partial charge >= 0.3 is 5.69 Å². The molecule has 1 aromatic heterocycles. The van der Waals surface area contributed by atoms with Crippen molar-refractivity contribution in [2.75, 3.05) is 17.6 Å². The molecule has 6 heteroatoms. The highest BCUT2D eigenvalue weighted by Crippen LogP contribution is 2.49. The highest BCUT2D eigenvalue weighted by molar-refractivity contribution is 5.60. The standard InChI is InChI=1S/C15H24N4O2/c1-2-7-19-13(16)12(14(20)18-15(19)21)17-8-11(9-3-4-9)10-5-6-10/h9-11,17H,2-8,16H2,1H3,(H,18,20,21). The van der Waals surface area contributed by atoms with Crippen LogP contribution in [-0.2, 0) is 6.54 Å². The van der Waals surface area contributed by atoms with Crippen molar-refractivity contribution in [2.24, 2.45) is 17.8 Å². The first-order valence-corrected chi connectivity index (χ1v) is 7.98. The molecule has 21 heavy (non-hydrogen) atoms. The van der Waals surface area contributed by atoms with E-state index in [0.717, 1.165) is 24.8 Å². The smallest absolute Gasteiger partial charge is 0.330 e. The lowest BCUT2D eigenvalue weighted by molar-refractivity contribution is 0.428. The fourth-order valence-corrected chi connectivity index (χ4v) is 3.19. The normalized spacial score (nSPS) is 18.2. The van der Waals surface area contributed by atoms with Crippen LogP contribution >= 0.6 is 0 Å². The lowest BCUT2D eigenvalue weighted by Crippen LogP contribution is -2.35. The molecular formula is C15H24N4O2. The summed E-state index contributed by atoms with van der Waals surface area (Å²) in [5.74, 6) is 2.53. The van der Waals surface area contributed by atoms with Crippen molar-refractivity contribution < 1.29 is 0 Å². The second-order valence-electron chi connectivity index (χ2n) is 6.39. The van der Waals surface area contributed by atoms with Crippen LogP contribution in [0.4, 0.5) is 11.5 Å². The van der Waals surface area contributed by atoms with Crippen LogP contribution in [0, 0.1) is 17.8 Å². The van der Waals surface area contributed by atoms with Crippen LogP contribution in [0.15, 0.2) is 9.59 Å². The number of nitrogens with one attached hydrogen (secondary N) is 2. The Morgan fingerprint density at radius 3 is 2.43 bits per heavy atom. The summed E-state index contributed by atoms with van der Waals surface area (Å²) in [5.41, 5.74) is 5.54. The molecule has 2 saturated carbocycles. The first kappa shape index (κ1) is 14.2. The van der Waals surface area contributed by atoms with E-state index < -0.39 is 11.2 Å². The van der Waals surface area contributed by atoms with Gasteiger partial charge in [0, 0.05) is 13.1 Å². The second-order valence-corrected chi connectivity index (χ2v) is 6.39. The van der Waals surface area contributed by atoms with Crippen molar-refractivity contribution in [1.29, 1.82) is 0 Å². The average Bonchev–Trinajstić information content (AvgIpc) is 3.31. The number of H-pyrrole nitrogens is 1. The van der Waals surface area contributed by atoms with E-state index >= 15 is 0 Å². The van der Waals surface area contributed by atoms with Crippen LogP contribution in [0.1, 0.15) is 39.0 Å². The van der Waals surface area contributed by atoms with Crippen LogP contribution in [0.3, 0.4) is 0 Å². The molecule has 0 saturated heterocycles. The highest BCUT2D eigenvalue weighted by atomic mass is 16.2. The Morgan fingerprint density at radius 1 is 1.29 bits per heavy atom. The van der Waals surface area contributed by atoms with Crippen molar-refractivity contribution in [3.8, 4) is 0 Å². The maximum Gasteiger partial charge on any atom is 0.330 e. The number of aromatic nitrogens is 2. The zero-order valence-electron chi connectivity index (χ0n) is 12.5. The summed E-state index contributed by atoms with van der Waals surface area (Å²) in [4.78, 5) is 26.1. The molecule has 0 atom stereocenters. The summed E-state index contributed by atoms with van der Waals surface area (Å²) in [6, 6.07) is 0. The summed E-state index contributed by atoms with van der Waals surface area (Å²) in [6.45, 7) is 3.28. The van der Waals surface area contributed by atoms with E-state index in [0.29, 0.717) is 18.2 Å². The number of nitrogens with zero attached hydrogens (tertiary/aromatic N) is 1. The van der Waals surface area contributed by atoms with Gasteiger partial charge in [-0.1, -0.05) is 6.92 Å². The molecule has 2 aliphatic rings. The summed E-state index contributed by atoms with van der Waals surface area (Å²) in [6.07, 6.45) is 6.03. The van der Waals surface area contributed by atoms with Gasteiger partial charge in [-0.25, -0.2) is 4.79 Å². The van der Waals surface area contributed by atoms with Crippen molar-refractivity contribution in [2.45, 2.75) is 45.6 Å². The van der Waals surface area contributed by atoms with Gasteiger partial charge in [0.15, 0.2) is 0 Å². The van der Waals surface area contributed by atoms with E-state index in [1.165, 1.54) is 30.3 Å². The first-order valence-electron chi connectivity index (χ1n) is 7.98. The maximum absolute atomic E-state index is 12.0. The van der Waals surface area contributed by atoms with Crippen molar-refractivity contribution in [1.82, 2.24) is 9.55 Å². The molecular weight excluding hydrogens is 268 g/mol. The molecule has 0 bridgehead atoms. The molecule has 116 valence electrons. The van der Waals surface area contributed by atoms with Gasteiger partial charge in [-0.05, 0) is 49.9 Å². The third-order valence-electron chi connectivity index (χ3n) is 4.66. The lowest BCUT2D eigenvalue weighted by Gasteiger charge is -2.18. The summed E-state index contributed by atoms with van der Waals surface area (Å²) in [5, 5.41) is 3.22. The van der Waals surface area contributed by atoms with E-state index in [4.69, 9.17) is 5.73 Å². The van der Waals surface area contributed by atoms with Gasteiger partial charge in [0.1, 0.15) is 11.5 Å². The molecule has 3 rings (SSSR count). The molecule has 0 aliphatic heterocycles. The molecule has 0 amide bonds. The van der Waals surface area contributed by atoms with E-state index in [1.54, 1.807) is 0 Å². The number of aromatic amines is 1. The van der Waals surface area contributed by atoms with Crippen molar-refractivity contribution >= 4 is 11.5 Å². The van der Waals surface area contributed by atoms with Crippen molar-refractivity contribution in [3.63, 3.8) is 0 Å². The summed E-state index contributed by atoms with van der Waals surface area (Å²) < 4.78 is 1.44. The quantitative estimate of drug-likeness (QED) is 0.707. The monoisotopic (exact) mass is 292 g/mol. The van der Waals surface area contributed by atoms with Crippen LogP contribution in [0.25, 0.3) is 0 Å². The number of nitrogens with two attached hydrogens (primary N) is 1. The van der Waals surface area contributed by atoms with Crippen LogP contribution < -0.4 is 22.3 Å². The Bertz CT molecular complexity index is 614. The fourth-order valence-electron chi connectivity index (χ4n) is 3.19. The Kier molecular flexibility index (Phi) is 3.78. The Hall–Kier alpha value is -1.72. The minimum absolute atomic E-state index is 0.260. The summed E-state index contributed by atoms with van der Waals surface area (Å²) >= 11 is 0. The maximum atomic E-state index is 12.0. The third-order valence-corrected chi connectivity index (χ3v) is 4.66. The van der Waals surface area contributed by atoms with Crippen LogP contribution in [-0.4, -0.2) is 16.1 Å². The van der Waals surface area contributed by atoms with E-state index in [-0.39, 0.29) is 5.82 Å². The van der Waals surface area contributed by atoms with Gasteiger partial charge in [-0.2, -0.15) is 0 Å². The number of hydrogen-bond donors (Lipinski definition) is 3. The SMILES string of the molecule is CCCn1c(N)c(NCC(C2CC2)C2CC2)c(=O)[nH]c1=O. The number of nitrogen functional groups attached to an aromatic ring is 1. The van der Waals surface area contributed by atoms with Crippen LogP contribution in [0.5, 0.6) is 0 Å². The molecule has 1 aromatic rings. The van der Waals surface area contributed by atoms with Gasteiger partial charge < -0.3 is 11.1 Å². The Morgan fingerprint density at radius 2 is 1.90 bits per heavy atom. The second kappa shape index (κ2) is 5.58. The highest BCUT2D eigenvalue weighted by Gasteiger charge is 2.41. The predicted octanol–water partition coefficient (Wildman–Crippen LogP) is 1.38. The number of anilines is 2. The number of hydrogen-bond acceptors (Lipinski definition) is 4. The zero-order valence-corrected chi connectivity index (χ0v) is 12.5. The third kappa shape index (κ3) is 2.99. The van der Waals surface area contributed by atoms with Gasteiger partial charge in [0.25, 0.3) is 5.56 Å². The molecule has 0 spiro atoms. The largest absolute Gasteiger partial charge is 0.383 e. The molecule has 1 heterocycles. The minimum Gasteiger partial charge on any atom is -0.383 e. The number of rotatable bonds is 7. The molecule has 2 aliphatic carbocycles. The molecule has 6 nitrogen and oxygen atoms in total. The minimum atomic E-state index is -0.425.